The second-order valence-corrected chi connectivity index (χ2v) is 3.78. The SMILES string of the molecule is CC(Cc1ccccc1)Nc1n[nH]c(N)n1. The van der Waals surface area contributed by atoms with Crippen molar-refractivity contribution in [1.29, 1.82) is 0 Å². The summed E-state index contributed by atoms with van der Waals surface area (Å²) in [4.78, 5) is 3.99. The second kappa shape index (κ2) is 4.65. The highest BCUT2D eigenvalue weighted by molar-refractivity contribution is 5.31. The fourth-order valence-corrected chi connectivity index (χ4v) is 1.58. The number of H-pyrrole nitrogens is 1. The Bertz CT molecular complexity index is 437. The summed E-state index contributed by atoms with van der Waals surface area (Å²) in [6.45, 7) is 2.08. The summed E-state index contributed by atoms with van der Waals surface area (Å²) in [6.07, 6.45) is 0.926. The van der Waals surface area contributed by atoms with Gasteiger partial charge in [0.15, 0.2) is 0 Å². The number of benzene rings is 1. The zero-order chi connectivity index (χ0) is 11.4. The lowest BCUT2D eigenvalue weighted by Gasteiger charge is -2.11. The Hall–Kier alpha value is -2.04. The van der Waals surface area contributed by atoms with Crippen molar-refractivity contribution >= 4 is 11.9 Å². The molecule has 0 saturated heterocycles. The lowest BCUT2D eigenvalue weighted by atomic mass is 10.1. The number of rotatable bonds is 4. The molecule has 0 aliphatic rings. The smallest absolute Gasteiger partial charge is 0.243 e. The van der Waals surface area contributed by atoms with Gasteiger partial charge in [-0.3, -0.25) is 0 Å². The molecule has 2 rings (SSSR count). The number of nitrogens with two attached hydrogens (primary N) is 1. The topological polar surface area (TPSA) is 79.6 Å². The maximum absolute atomic E-state index is 5.44. The number of aromatic amines is 1. The number of aromatic nitrogens is 3. The summed E-state index contributed by atoms with van der Waals surface area (Å²) in [5.74, 6) is 0.871. The minimum atomic E-state index is 0.262. The summed E-state index contributed by atoms with van der Waals surface area (Å²) in [7, 11) is 0. The third-order valence-corrected chi connectivity index (χ3v) is 2.26. The van der Waals surface area contributed by atoms with E-state index in [9.17, 15) is 0 Å². The molecular weight excluding hydrogens is 202 g/mol. The van der Waals surface area contributed by atoms with E-state index in [2.05, 4.69) is 39.6 Å². The molecule has 0 radical (unpaired) electrons. The largest absolute Gasteiger partial charge is 0.368 e. The molecular formula is C11H15N5. The number of hydrogen-bond acceptors (Lipinski definition) is 4. The fourth-order valence-electron chi connectivity index (χ4n) is 1.58. The van der Waals surface area contributed by atoms with Crippen LogP contribution in [0.4, 0.5) is 11.9 Å². The van der Waals surface area contributed by atoms with Gasteiger partial charge in [-0.2, -0.15) is 4.98 Å². The summed E-state index contributed by atoms with van der Waals surface area (Å²) in [5, 5.41) is 9.69. The average Bonchev–Trinajstić information content (AvgIpc) is 2.65. The number of nitrogens with one attached hydrogen (secondary N) is 2. The molecule has 2 aromatic rings. The zero-order valence-corrected chi connectivity index (χ0v) is 9.14. The maximum Gasteiger partial charge on any atom is 0.243 e. The Morgan fingerprint density at radius 2 is 2.12 bits per heavy atom. The van der Waals surface area contributed by atoms with Crippen molar-refractivity contribution in [2.24, 2.45) is 0 Å². The minimum Gasteiger partial charge on any atom is -0.368 e. The van der Waals surface area contributed by atoms with E-state index >= 15 is 0 Å². The van der Waals surface area contributed by atoms with Crippen molar-refractivity contribution in [1.82, 2.24) is 15.2 Å². The minimum absolute atomic E-state index is 0.262. The molecule has 1 atom stereocenters. The predicted octanol–water partition coefficient (Wildman–Crippen LogP) is 1.43. The maximum atomic E-state index is 5.44. The van der Waals surface area contributed by atoms with E-state index in [1.807, 2.05) is 18.2 Å². The van der Waals surface area contributed by atoms with Gasteiger partial charge in [-0.05, 0) is 18.9 Å². The lowest BCUT2D eigenvalue weighted by molar-refractivity contribution is 0.778. The van der Waals surface area contributed by atoms with Crippen LogP contribution in [-0.2, 0) is 6.42 Å². The predicted molar refractivity (Wildman–Crippen MR) is 64.0 cm³/mol. The molecule has 1 unspecified atom stereocenters. The normalized spacial score (nSPS) is 12.3. The van der Waals surface area contributed by atoms with Crippen LogP contribution in [0.2, 0.25) is 0 Å². The van der Waals surface area contributed by atoms with Crippen molar-refractivity contribution in [3.05, 3.63) is 35.9 Å². The average molecular weight is 217 g/mol. The van der Waals surface area contributed by atoms with E-state index in [0.717, 1.165) is 6.42 Å². The van der Waals surface area contributed by atoms with Crippen molar-refractivity contribution in [2.75, 3.05) is 11.1 Å². The molecule has 0 aliphatic heterocycles. The van der Waals surface area contributed by atoms with Crippen LogP contribution in [0.15, 0.2) is 30.3 Å². The van der Waals surface area contributed by atoms with Crippen LogP contribution >= 0.6 is 0 Å². The Balaban J connectivity index is 1.92. The van der Waals surface area contributed by atoms with Gasteiger partial charge in [-0.1, -0.05) is 30.3 Å². The highest BCUT2D eigenvalue weighted by Crippen LogP contribution is 2.07. The van der Waals surface area contributed by atoms with Crippen molar-refractivity contribution in [3.63, 3.8) is 0 Å². The first kappa shape index (κ1) is 10.5. The van der Waals surface area contributed by atoms with Crippen LogP contribution in [0.1, 0.15) is 12.5 Å². The van der Waals surface area contributed by atoms with E-state index < -0.39 is 0 Å². The van der Waals surface area contributed by atoms with Crippen LogP contribution in [0.25, 0.3) is 0 Å². The van der Waals surface area contributed by atoms with Gasteiger partial charge < -0.3 is 11.1 Å². The molecule has 1 heterocycles. The van der Waals surface area contributed by atoms with Gasteiger partial charge in [0.25, 0.3) is 0 Å². The summed E-state index contributed by atoms with van der Waals surface area (Å²) >= 11 is 0. The van der Waals surface area contributed by atoms with Crippen molar-refractivity contribution in [3.8, 4) is 0 Å². The molecule has 5 nitrogen and oxygen atoms in total. The van der Waals surface area contributed by atoms with Gasteiger partial charge in [0.05, 0.1) is 0 Å². The Kier molecular flexibility index (Phi) is 3.05. The van der Waals surface area contributed by atoms with Crippen LogP contribution in [0.5, 0.6) is 0 Å². The summed E-state index contributed by atoms with van der Waals surface area (Å²) in [5.41, 5.74) is 6.72. The number of anilines is 2. The van der Waals surface area contributed by atoms with E-state index in [4.69, 9.17) is 5.73 Å². The van der Waals surface area contributed by atoms with Crippen molar-refractivity contribution in [2.45, 2.75) is 19.4 Å². The molecule has 0 aliphatic carbocycles. The second-order valence-electron chi connectivity index (χ2n) is 3.78. The molecule has 1 aromatic heterocycles. The molecule has 0 saturated carbocycles. The summed E-state index contributed by atoms with van der Waals surface area (Å²) in [6, 6.07) is 10.5. The number of hydrogen-bond donors (Lipinski definition) is 3. The highest BCUT2D eigenvalue weighted by atomic mass is 15.3. The first-order valence-corrected chi connectivity index (χ1v) is 5.22. The Morgan fingerprint density at radius 3 is 2.75 bits per heavy atom. The van der Waals surface area contributed by atoms with Crippen LogP contribution in [-0.4, -0.2) is 21.2 Å². The molecule has 4 N–H and O–H groups in total. The van der Waals surface area contributed by atoms with E-state index in [1.54, 1.807) is 0 Å². The van der Waals surface area contributed by atoms with Crippen LogP contribution < -0.4 is 11.1 Å². The van der Waals surface area contributed by atoms with Gasteiger partial charge >= 0.3 is 0 Å². The Morgan fingerprint density at radius 1 is 1.38 bits per heavy atom. The quantitative estimate of drug-likeness (QED) is 0.723. The van der Waals surface area contributed by atoms with Gasteiger partial charge in [0, 0.05) is 6.04 Å². The lowest BCUT2D eigenvalue weighted by Crippen LogP contribution is -2.18. The molecule has 0 bridgehead atoms. The molecule has 84 valence electrons. The standard InChI is InChI=1S/C11H15N5/c1-8(7-9-5-3-2-4-6-9)13-11-14-10(12)15-16-11/h2-6,8H,7H2,1H3,(H4,12,13,14,15,16). The molecule has 0 spiro atoms. The van der Waals surface area contributed by atoms with E-state index in [-0.39, 0.29) is 6.04 Å². The first-order chi connectivity index (χ1) is 7.74. The van der Waals surface area contributed by atoms with Gasteiger partial charge in [0.2, 0.25) is 11.9 Å². The number of nitrogens with zero attached hydrogens (tertiary/aromatic N) is 2. The van der Waals surface area contributed by atoms with E-state index in [0.29, 0.717) is 11.9 Å². The van der Waals surface area contributed by atoms with Crippen LogP contribution in [0.3, 0.4) is 0 Å². The van der Waals surface area contributed by atoms with E-state index in [1.165, 1.54) is 5.56 Å². The molecule has 0 amide bonds. The molecule has 1 aromatic carbocycles. The van der Waals surface area contributed by atoms with Gasteiger partial charge in [0.1, 0.15) is 0 Å². The zero-order valence-electron chi connectivity index (χ0n) is 9.14. The summed E-state index contributed by atoms with van der Waals surface area (Å²) < 4.78 is 0. The third-order valence-electron chi connectivity index (χ3n) is 2.26. The fraction of sp³-hybridized carbons (Fsp3) is 0.273. The van der Waals surface area contributed by atoms with Crippen molar-refractivity contribution < 1.29 is 0 Å². The van der Waals surface area contributed by atoms with Gasteiger partial charge in [-0.15, -0.1) is 5.10 Å². The highest BCUT2D eigenvalue weighted by Gasteiger charge is 2.06. The van der Waals surface area contributed by atoms with Crippen LogP contribution in [0, 0.1) is 0 Å². The molecule has 0 fully saturated rings. The third kappa shape index (κ3) is 2.73. The Labute approximate surface area is 94.1 Å². The molecule has 5 heteroatoms. The van der Waals surface area contributed by atoms with Gasteiger partial charge in [-0.25, -0.2) is 5.10 Å². The molecule has 16 heavy (non-hydrogen) atoms. The number of nitrogen functional groups attached to an aromatic ring is 1. The monoisotopic (exact) mass is 217 g/mol. The first-order valence-electron chi connectivity index (χ1n) is 5.22.